The smallest absolute Gasteiger partial charge is 0.256 e. The van der Waals surface area contributed by atoms with Crippen LogP contribution < -0.4 is 5.32 Å². The average Bonchev–Trinajstić information content (AvgIpc) is 3.11. The highest BCUT2D eigenvalue weighted by molar-refractivity contribution is 6.31. The Bertz CT molecular complexity index is 1230. The summed E-state index contributed by atoms with van der Waals surface area (Å²) >= 11 is 6.21. The monoisotopic (exact) mass is 404 g/mol. The molecule has 0 spiro atoms. The van der Waals surface area contributed by atoms with Crippen LogP contribution in [0.3, 0.4) is 0 Å². The van der Waals surface area contributed by atoms with Gasteiger partial charge < -0.3 is 5.32 Å². The quantitative estimate of drug-likeness (QED) is 0.478. The van der Waals surface area contributed by atoms with Crippen molar-refractivity contribution >= 4 is 34.1 Å². The molecule has 2 aromatic carbocycles. The second-order valence-electron chi connectivity index (χ2n) is 6.92. The van der Waals surface area contributed by atoms with Gasteiger partial charge in [-0.05, 0) is 50.6 Å². The Hall–Kier alpha value is -3.18. The molecule has 0 aliphatic heterocycles. The fourth-order valence-corrected chi connectivity index (χ4v) is 3.54. The van der Waals surface area contributed by atoms with Gasteiger partial charge in [0.15, 0.2) is 0 Å². The van der Waals surface area contributed by atoms with E-state index in [0.717, 1.165) is 40.0 Å². The molecule has 2 heterocycles. The number of para-hydroxylation sites is 1. The van der Waals surface area contributed by atoms with E-state index in [1.165, 1.54) is 0 Å². The van der Waals surface area contributed by atoms with Crippen LogP contribution in [0.5, 0.6) is 0 Å². The Morgan fingerprint density at radius 3 is 2.69 bits per heavy atom. The van der Waals surface area contributed by atoms with E-state index in [2.05, 4.69) is 10.4 Å². The first-order chi connectivity index (χ1) is 14.0. The van der Waals surface area contributed by atoms with E-state index < -0.39 is 0 Å². The Morgan fingerprint density at radius 2 is 1.93 bits per heavy atom. The molecule has 0 bridgehead atoms. The SMILES string of the molecule is CCn1cc(-c2cc(C(=O)Nc3cccc(Cl)c3C)c3ccccc3n2)c(C)n1. The highest BCUT2D eigenvalue weighted by Gasteiger charge is 2.17. The van der Waals surface area contributed by atoms with Gasteiger partial charge in [-0.1, -0.05) is 35.9 Å². The Balaban J connectivity index is 1.83. The summed E-state index contributed by atoms with van der Waals surface area (Å²) in [5, 5.41) is 8.92. The van der Waals surface area contributed by atoms with Gasteiger partial charge in [0.1, 0.15) is 0 Å². The third-order valence-electron chi connectivity index (χ3n) is 5.02. The minimum Gasteiger partial charge on any atom is -0.322 e. The van der Waals surface area contributed by atoms with Crippen molar-refractivity contribution in [3.8, 4) is 11.3 Å². The summed E-state index contributed by atoms with van der Waals surface area (Å²) in [5.74, 6) is -0.198. The zero-order valence-corrected chi connectivity index (χ0v) is 17.3. The van der Waals surface area contributed by atoms with E-state index >= 15 is 0 Å². The van der Waals surface area contributed by atoms with Crippen LogP contribution >= 0.6 is 11.6 Å². The first-order valence-electron chi connectivity index (χ1n) is 9.48. The maximum atomic E-state index is 13.2. The number of aromatic nitrogens is 3. The molecule has 146 valence electrons. The standard InChI is InChI=1S/C23H21ClN4O/c1-4-28-13-18(15(3)27-28)22-12-17(16-8-5-6-10-21(16)25-22)23(29)26-20-11-7-9-19(24)14(20)2/h5-13H,4H2,1-3H3,(H,26,29). The van der Waals surface area contributed by atoms with Crippen LogP contribution in [0.4, 0.5) is 5.69 Å². The molecule has 5 nitrogen and oxygen atoms in total. The number of amides is 1. The average molecular weight is 405 g/mol. The highest BCUT2D eigenvalue weighted by atomic mass is 35.5. The first-order valence-corrected chi connectivity index (χ1v) is 9.86. The summed E-state index contributed by atoms with van der Waals surface area (Å²) < 4.78 is 1.87. The molecule has 0 saturated heterocycles. The van der Waals surface area contributed by atoms with Gasteiger partial charge >= 0.3 is 0 Å². The maximum absolute atomic E-state index is 13.2. The highest BCUT2D eigenvalue weighted by Crippen LogP contribution is 2.28. The number of benzene rings is 2. The molecule has 0 atom stereocenters. The third kappa shape index (κ3) is 3.61. The van der Waals surface area contributed by atoms with Gasteiger partial charge in [0.05, 0.1) is 22.5 Å². The summed E-state index contributed by atoms with van der Waals surface area (Å²) in [4.78, 5) is 18.0. The molecule has 4 rings (SSSR count). The van der Waals surface area contributed by atoms with Gasteiger partial charge in [-0.2, -0.15) is 5.10 Å². The second-order valence-corrected chi connectivity index (χ2v) is 7.33. The van der Waals surface area contributed by atoms with Crippen LogP contribution in [-0.2, 0) is 6.54 Å². The van der Waals surface area contributed by atoms with E-state index in [9.17, 15) is 4.79 Å². The van der Waals surface area contributed by atoms with Gasteiger partial charge in [-0.15, -0.1) is 0 Å². The van der Waals surface area contributed by atoms with Crippen molar-refractivity contribution in [2.24, 2.45) is 0 Å². The van der Waals surface area contributed by atoms with Crippen molar-refractivity contribution in [1.29, 1.82) is 0 Å². The minimum absolute atomic E-state index is 0.198. The normalized spacial score (nSPS) is 11.0. The number of anilines is 1. The summed E-state index contributed by atoms with van der Waals surface area (Å²) in [7, 11) is 0. The van der Waals surface area contributed by atoms with E-state index in [0.29, 0.717) is 16.3 Å². The van der Waals surface area contributed by atoms with Gasteiger partial charge in [-0.3, -0.25) is 9.48 Å². The predicted molar refractivity (Wildman–Crippen MR) is 118 cm³/mol. The molecule has 4 aromatic rings. The topological polar surface area (TPSA) is 59.8 Å². The molecule has 0 aliphatic rings. The zero-order chi connectivity index (χ0) is 20.5. The summed E-state index contributed by atoms with van der Waals surface area (Å²) in [6.45, 7) is 6.65. The number of fused-ring (bicyclic) bond motifs is 1. The van der Waals surface area contributed by atoms with E-state index in [-0.39, 0.29) is 5.91 Å². The Morgan fingerprint density at radius 1 is 1.14 bits per heavy atom. The van der Waals surface area contributed by atoms with Crippen LogP contribution in [0.1, 0.15) is 28.5 Å². The number of nitrogens with zero attached hydrogens (tertiary/aromatic N) is 3. The largest absolute Gasteiger partial charge is 0.322 e. The van der Waals surface area contributed by atoms with Gasteiger partial charge in [0.2, 0.25) is 0 Å². The molecule has 0 aliphatic carbocycles. The number of halogens is 1. The fraction of sp³-hybridized carbons (Fsp3) is 0.174. The van der Waals surface area contributed by atoms with Crippen molar-refractivity contribution in [2.45, 2.75) is 27.3 Å². The lowest BCUT2D eigenvalue weighted by atomic mass is 10.0. The Labute approximate surface area is 174 Å². The molecule has 1 amide bonds. The number of pyridine rings is 1. The van der Waals surface area contributed by atoms with Crippen molar-refractivity contribution in [3.63, 3.8) is 0 Å². The zero-order valence-electron chi connectivity index (χ0n) is 16.5. The van der Waals surface area contributed by atoms with Gasteiger partial charge in [0.25, 0.3) is 5.91 Å². The molecule has 29 heavy (non-hydrogen) atoms. The number of nitrogens with one attached hydrogen (secondary N) is 1. The first kappa shape index (κ1) is 19.2. The molecule has 0 radical (unpaired) electrons. The van der Waals surface area contributed by atoms with Crippen molar-refractivity contribution in [2.75, 3.05) is 5.32 Å². The van der Waals surface area contributed by atoms with Crippen LogP contribution in [0.2, 0.25) is 5.02 Å². The molecule has 0 saturated carbocycles. The molecule has 6 heteroatoms. The van der Waals surface area contributed by atoms with Crippen LogP contribution in [0.15, 0.2) is 54.7 Å². The molecule has 1 N–H and O–H groups in total. The number of hydrogen-bond acceptors (Lipinski definition) is 3. The van der Waals surface area contributed by atoms with Gasteiger partial charge in [-0.25, -0.2) is 4.98 Å². The van der Waals surface area contributed by atoms with Crippen molar-refractivity contribution < 1.29 is 4.79 Å². The number of carbonyl (C=O) groups excluding carboxylic acids is 1. The lowest BCUT2D eigenvalue weighted by molar-refractivity contribution is 0.102. The number of rotatable bonds is 4. The lowest BCUT2D eigenvalue weighted by Crippen LogP contribution is -2.14. The predicted octanol–water partition coefficient (Wildman–Crippen LogP) is 5.64. The fourth-order valence-electron chi connectivity index (χ4n) is 3.37. The van der Waals surface area contributed by atoms with Crippen LogP contribution in [0, 0.1) is 13.8 Å². The second kappa shape index (κ2) is 7.68. The molecule has 0 fully saturated rings. The van der Waals surface area contributed by atoms with Crippen LogP contribution in [0.25, 0.3) is 22.2 Å². The molecular formula is C23H21ClN4O. The maximum Gasteiger partial charge on any atom is 0.256 e. The summed E-state index contributed by atoms with van der Waals surface area (Å²) in [6.07, 6.45) is 1.97. The minimum atomic E-state index is -0.198. The van der Waals surface area contributed by atoms with E-state index in [1.807, 2.05) is 74.1 Å². The van der Waals surface area contributed by atoms with Gasteiger partial charge in [0, 0.05) is 34.4 Å². The molecule has 2 aromatic heterocycles. The number of carbonyl (C=O) groups is 1. The Kier molecular flexibility index (Phi) is 5.07. The molecular weight excluding hydrogens is 384 g/mol. The van der Waals surface area contributed by atoms with Crippen molar-refractivity contribution in [3.05, 3.63) is 76.6 Å². The number of aryl methyl sites for hydroxylation is 2. The van der Waals surface area contributed by atoms with E-state index in [4.69, 9.17) is 16.6 Å². The van der Waals surface area contributed by atoms with Crippen LogP contribution in [-0.4, -0.2) is 20.7 Å². The summed E-state index contributed by atoms with van der Waals surface area (Å²) in [6, 6.07) is 15.0. The number of hydrogen-bond donors (Lipinski definition) is 1. The lowest BCUT2D eigenvalue weighted by Gasteiger charge is -2.12. The molecule has 0 unspecified atom stereocenters. The van der Waals surface area contributed by atoms with Crippen molar-refractivity contribution in [1.82, 2.24) is 14.8 Å². The third-order valence-corrected chi connectivity index (χ3v) is 5.43. The summed E-state index contributed by atoms with van der Waals surface area (Å²) in [5.41, 5.74) is 5.39. The van der Waals surface area contributed by atoms with E-state index in [1.54, 1.807) is 6.07 Å².